The van der Waals surface area contributed by atoms with Crippen LogP contribution in [0.15, 0.2) is 73.1 Å². The fourth-order valence-electron chi connectivity index (χ4n) is 4.07. The Morgan fingerprint density at radius 3 is 1.93 bits per heavy atom. The Balaban J connectivity index is 1.57. The maximum Gasteiger partial charge on any atom is 0.289 e. The smallest absolute Gasteiger partial charge is 0.230 e. The summed E-state index contributed by atoms with van der Waals surface area (Å²) in [6.07, 6.45) is 16.9. The number of benzene rings is 2. The van der Waals surface area contributed by atoms with E-state index < -0.39 is 0 Å². The summed E-state index contributed by atoms with van der Waals surface area (Å²) in [5.41, 5.74) is 2.64. The molecule has 0 saturated heterocycles. The van der Waals surface area contributed by atoms with Crippen molar-refractivity contribution in [2.24, 2.45) is 0 Å². The van der Waals surface area contributed by atoms with E-state index in [1.165, 1.54) is 74.7 Å². The SMILES string of the molecule is CCCCCCCCCCCn1cc[n+](Cc2ccccc2)c1-c1ccccc1. The van der Waals surface area contributed by atoms with Gasteiger partial charge in [0.2, 0.25) is 0 Å². The van der Waals surface area contributed by atoms with Crippen molar-refractivity contribution < 1.29 is 4.57 Å². The molecule has 0 atom stereocenters. The molecule has 29 heavy (non-hydrogen) atoms. The molecule has 1 heterocycles. The molecule has 0 saturated carbocycles. The van der Waals surface area contributed by atoms with Crippen molar-refractivity contribution in [2.75, 3.05) is 0 Å². The zero-order valence-corrected chi connectivity index (χ0v) is 18.1. The molecule has 0 fully saturated rings. The lowest BCUT2D eigenvalue weighted by Gasteiger charge is -2.06. The number of unbranched alkanes of at least 4 members (excludes halogenated alkanes) is 8. The summed E-state index contributed by atoms with van der Waals surface area (Å²) in [7, 11) is 0. The second-order valence-electron chi connectivity index (χ2n) is 8.12. The molecule has 3 rings (SSSR count). The maximum atomic E-state index is 2.44. The van der Waals surface area contributed by atoms with Gasteiger partial charge in [-0.15, -0.1) is 0 Å². The van der Waals surface area contributed by atoms with Crippen LogP contribution in [0.4, 0.5) is 0 Å². The molecule has 0 aliphatic heterocycles. The van der Waals surface area contributed by atoms with Crippen LogP contribution in [0.5, 0.6) is 0 Å². The van der Waals surface area contributed by atoms with Gasteiger partial charge in [-0.25, -0.2) is 9.13 Å². The van der Waals surface area contributed by atoms with Crippen molar-refractivity contribution in [3.8, 4) is 11.4 Å². The van der Waals surface area contributed by atoms with Gasteiger partial charge in [0, 0.05) is 0 Å². The van der Waals surface area contributed by atoms with E-state index >= 15 is 0 Å². The highest BCUT2D eigenvalue weighted by molar-refractivity contribution is 5.52. The summed E-state index contributed by atoms with van der Waals surface area (Å²) < 4.78 is 4.83. The first kappa shape index (κ1) is 21.4. The van der Waals surface area contributed by atoms with Crippen LogP contribution in [0.2, 0.25) is 0 Å². The van der Waals surface area contributed by atoms with Crippen LogP contribution >= 0.6 is 0 Å². The zero-order valence-electron chi connectivity index (χ0n) is 18.1. The van der Waals surface area contributed by atoms with E-state index in [0.717, 1.165) is 13.1 Å². The minimum Gasteiger partial charge on any atom is -0.230 e. The van der Waals surface area contributed by atoms with Crippen LogP contribution in [0.25, 0.3) is 11.4 Å². The molecular weight excluding hydrogens is 352 g/mol. The Kier molecular flexibility index (Phi) is 9.03. The highest BCUT2D eigenvalue weighted by Crippen LogP contribution is 2.18. The Morgan fingerprint density at radius 1 is 0.690 bits per heavy atom. The first-order valence-electron chi connectivity index (χ1n) is 11.6. The van der Waals surface area contributed by atoms with Crippen LogP contribution in [-0.2, 0) is 13.1 Å². The Labute approximate surface area is 177 Å². The van der Waals surface area contributed by atoms with Crippen molar-refractivity contribution in [2.45, 2.75) is 77.8 Å². The number of aryl methyl sites for hydroxylation is 1. The van der Waals surface area contributed by atoms with Gasteiger partial charge in [0.1, 0.15) is 18.9 Å². The summed E-state index contributed by atoms with van der Waals surface area (Å²) in [5.74, 6) is 1.31. The normalized spacial score (nSPS) is 11.1. The topological polar surface area (TPSA) is 8.81 Å². The summed E-state index contributed by atoms with van der Waals surface area (Å²) in [6.45, 7) is 4.30. The molecule has 1 aromatic heterocycles. The molecule has 2 heteroatoms. The molecular formula is C27H37N2+. The molecule has 0 radical (unpaired) electrons. The average molecular weight is 390 g/mol. The predicted molar refractivity (Wildman–Crippen MR) is 123 cm³/mol. The van der Waals surface area contributed by atoms with Gasteiger partial charge in [0.05, 0.1) is 12.1 Å². The van der Waals surface area contributed by atoms with Crippen LogP contribution < -0.4 is 4.57 Å². The van der Waals surface area contributed by atoms with Gasteiger partial charge in [-0.2, -0.15) is 0 Å². The Morgan fingerprint density at radius 2 is 1.28 bits per heavy atom. The van der Waals surface area contributed by atoms with Gasteiger partial charge < -0.3 is 0 Å². The average Bonchev–Trinajstić information content (AvgIpc) is 3.16. The lowest BCUT2D eigenvalue weighted by molar-refractivity contribution is -0.676. The van der Waals surface area contributed by atoms with Gasteiger partial charge in [0.25, 0.3) is 5.82 Å². The summed E-state index contributed by atoms with van der Waals surface area (Å²) >= 11 is 0. The molecule has 0 bridgehead atoms. The van der Waals surface area contributed by atoms with Crippen molar-refractivity contribution in [3.63, 3.8) is 0 Å². The van der Waals surface area contributed by atoms with Gasteiger partial charge in [-0.3, -0.25) is 0 Å². The molecule has 2 nitrogen and oxygen atoms in total. The van der Waals surface area contributed by atoms with Crippen molar-refractivity contribution >= 4 is 0 Å². The summed E-state index contributed by atoms with van der Waals surface area (Å²) in [6, 6.07) is 21.6. The van der Waals surface area contributed by atoms with Gasteiger partial charge in [0.15, 0.2) is 0 Å². The minimum absolute atomic E-state index is 0.913. The number of hydrogen-bond donors (Lipinski definition) is 0. The Hall–Kier alpha value is -2.35. The number of imidazole rings is 1. The summed E-state index contributed by atoms with van der Waals surface area (Å²) in [4.78, 5) is 0. The highest BCUT2D eigenvalue weighted by Gasteiger charge is 2.19. The number of rotatable bonds is 13. The predicted octanol–water partition coefficient (Wildman–Crippen LogP) is 7.02. The second-order valence-corrected chi connectivity index (χ2v) is 8.12. The van der Waals surface area contributed by atoms with E-state index in [0.29, 0.717) is 0 Å². The third kappa shape index (κ3) is 6.88. The maximum absolute atomic E-state index is 2.44. The molecule has 154 valence electrons. The molecule has 0 unspecified atom stereocenters. The second kappa shape index (κ2) is 12.3. The lowest BCUT2D eigenvalue weighted by atomic mass is 10.1. The lowest BCUT2D eigenvalue weighted by Crippen LogP contribution is -2.35. The van der Waals surface area contributed by atoms with Gasteiger partial charge in [-0.05, 0) is 30.5 Å². The number of nitrogens with zero attached hydrogens (tertiary/aromatic N) is 2. The van der Waals surface area contributed by atoms with E-state index in [9.17, 15) is 0 Å². The largest absolute Gasteiger partial charge is 0.289 e. The molecule has 0 aliphatic carbocycles. The van der Waals surface area contributed by atoms with Crippen LogP contribution in [0.1, 0.15) is 70.3 Å². The van der Waals surface area contributed by atoms with Crippen molar-refractivity contribution in [1.82, 2.24) is 4.57 Å². The first-order valence-corrected chi connectivity index (χ1v) is 11.6. The first-order chi connectivity index (χ1) is 14.4. The molecule has 0 aliphatic rings. The third-order valence-corrected chi connectivity index (χ3v) is 5.70. The van der Waals surface area contributed by atoms with Crippen LogP contribution in [-0.4, -0.2) is 4.57 Å². The third-order valence-electron chi connectivity index (χ3n) is 5.70. The van der Waals surface area contributed by atoms with E-state index in [-0.39, 0.29) is 0 Å². The van der Waals surface area contributed by atoms with Crippen molar-refractivity contribution in [3.05, 3.63) is 78.6 Å². The zero-order chi connectivity index (χ0) is 20.2. The fourth-order valence-corrected chi connectivity index (χ4v) is 4.07. The Bertz CT molecular complexity index is 805. The van der Waals surface area contributed by atoms with Crippen LogP contribution in [0, 0.1) is 0 Å². The standard InChI is InChI=1S/C27H37N2/c1-2-3-4-5-6-7-8-9-16-21-28-22-23-29(24-25-17-12-10-13-18-25)27(28)26-19-14-11-15-20-26/h10-15,17-20,22-23H,2-9,16,21,24H2,1H3/q+1. The number of aromatic nitrogens is 2. The van der Waals surface area contributed by atoms with Crippen LogP contribution in [0.3, 0.4) is 0 Å². The number of hydrogen-bond acceptors (Lipinski definition) is 0. The van der Waals surface area contributed by atoms with Gasteiger partial charge >= 0.3 is 0 Å². The quantitative estimate of drug-likeness (QED) is 0.219. The molecule has 2 aromatic carbocycles. The minimum atomic E-state index is 0.913. The molecule has 3 aromatic rings. The molecule has 0 N–H and O–H groups in total. The monoisotopic (exact) mass is 389 g/mol. The fraction of sp³-hybridized carbons (Fsp3) is 0.444. The highest BCUT2D eigenvalue weighted by atomic mass is 15.1. The van der Waals surface area contributed by atoms with E-state index in [4.69, 9.17) is 0 Å². The van der Waals surface area contributed by atoms with E-state index in [1.54, 1.807) is 0 Å². The van der Waals surface area contributed by atoms with E-state index in [1.807, 2.05) is 0 Å². The van der Waals surface area contributed by atoms with Crippen molar-refractivity contribution in [1.29, 1.82) is 0 Å². The van der Waals surface area contributed by atoms with Gasteiger partial charge in [-0.1, -0.05) is 100 Å². The summed E-state index contributed by atoms with van der Waals surface area (Å²) in [5, 5.41) is 0. The van der Waals surface area contributed by atoms with E-state index in [2.05, 4.69) is 89.1 Å². The molecule has 0 spiro atoms. The molecule has 0 amide bonds.